The van der Waals surface area contributed by atoms with Gasteiger partial charge in [-0.1, -0.05) is 85.8 Å². The standard InChI is InChI=1S/C36H35N3O5/c1-22-20-36-30(29(35(22,2)44-36)32(41)37-26-15-7-4-8-16-26)34(43)39(28(21-40)24-12-5-3-6-13-24)31(36)33(42)38-27-18-17-23-11-9-10-14-25(23)19-27/h3-19,22,28-31,40H,20-21H2,1-2H3,(H,37,41)(H,38,42)/t22?,28-,29-,30+,31?,35+,36?/m1/s1. The van der Waals surface area contributed by atoms with Crippen molar-refractivity contribution in [2.45, 2.75) is 43.6 Å². The van der Waals surface area contributed by atoms with Crippen molar-refractivity contribution in [3.05, 3.63) is 109 Å². The molecule has 0 aromatic heterocycles. The largest absolute Gasteiger partial charge is 0.394 e. The molecule has 0 saturated carbocycles. The Hall–Kier alpha value is -4.53. The summed E-state index contributed by atoms with van der Waals surface area (Å²) in [6.45, 7) is 3.50. The Morgan fingerprint density at radius 1 is 0.886 bits per heavy atom. The fraction of sp³-hybridized carbons (Fsp3) is 0.306. The second kappa shape index (κ2) is 10.6. The molecule has 3 unspecified atom stereocenters. The molecule has 4 aromatic carbocycles. The van der Waals surface area contributed by atoms with Crippen molar-refractivity contribution >= 4 is 39.9 Å². The summed E-state index contributed by atoms with van der Waals surface area (Å²) in [7, 11) is 0. The first-order valence-electron chi connectivity index (χ1n) is 15.1. The molecule has 3 aliphatic heterocycles. The van der Waals surface area contributed by atoms with Crippen molar-refractivity contribution in [3.63, 3.8) is 0 Å². The van der Waals surface area contributed by atoms with Crippen LogP contribution in [0.25, 0.3) is 10.8 Å². The lowest BCUT2D eigenvalue weighted by Crippen LogP contribution is -2.54. The molecule has 3 heterocycles. The fourth-order valence-electron chi connectivity index (χ4n) is 7.96. The number of likely N-dealkylation sites (tertiary alicyclic amines) is 1. The van der Waals surface area contributed by atoms with Gasteiger partial charge in [-0.2, -0.15) is 0 Å². The van der Waals surface area contributed by atoms with Gasteiger partial charge in [0.25, 0.3) is 0 Å². The zero-order chi connectivity index (χ0) is 30.6. The van der Waals surface area contributed by atoms with Gasteiger partial charge in [0.15, 0.2) is 0 Å². The molecule has 2 bridgehead atoms. The number of fused-ring (bicyclic) bond motifs is 2. The summed E-state index contributed by atoms with van der Waals surface area (Å²) in [5.74, 6) is -2.95. The molecule has 8 heteroatoms. The first-order chi connectivity index (χ1) is 21.3. The predicted molar refractivity (Wildman–Crippen MR) is 168 cm³/mol. The number of carbonyl (C=O) groups excluding carboxylic acids is 3. The number of nitrogens with zero attached hydrogens (tertiary/aromatic N) is 1. The van der Waals surface area contributed by atoms with Crippen LogP contribution in [0.15, 0.2) is 103 Å². The molecule has 4 aromatic rings. The zero-order valence-corrected chi connectivity index (χ0v) is 24.6. The average molecular weight is 590 g/mol. The lowest BCUT2D eigenvalue weighted by atomic mass is 9.62. The zero-order valence-electron chi connectivity index (χ0n) is 24.6. The molecule has 1 spiro atoms. The Bertz CT molecular complexity index is 1750. The van der Waals surface area contributed by atoms with Crippen LogP contribution in [0.5, 0.6) is 0 Å². The molecule has 7 rings (SSSR count). The highest BCUT2D eigenvalue weighted by Gasteiger charge is 2.80. The summed E-state index contributed by atoms with van der Waals surface area (Å²) in [5.41, 5.74) is -0.314. The minimum Gasteiger partial charge on any atom is -0.394 e. The third kappa shape index (κ3) is 4.24. The molecule has 3 fully saturated rings. The minimum absolute atomic E-state index is 0.113. The number of ether oxygens (including phenoxy) is 1. The van der Waals surface area contributed by atoms with Gasteiger partial charge in [-0.25, -0.2) is 0 Å². The maximum Gasteiger partial charge on any atom is 0.250 e. The van der Waals surface area contributed by atoms with E-state index in [1.165, 1.54) is 4.90 Å². The minimum atomic E-state index is -1.26. The highest BCUT2D eigenvalue weighted by molar-refractivity contribution is 6.06. The maximum atomic E-state index is 14.7. The number of carbonyl (C=O) groups is 3. The summed E-state index contributed by atoms with van der Waals surface area (Å²) in [5, 5.41) is 18.8. The fourth-order valence-corrected chi connectivity index (χ4v) is 7.96. The summed E-state index contributed by atoms with van der Waals surface area (Å²) in [4.78, 5) is 44.7. The van der Waals surface area contributed by atoms with Crippen molar-refractivity contribution in [1.29, 1.82) is 0 Å². The van der Waals surface area contributed by atoms with Gasteiger partial charge < -0.3 is 25.4 Å². The number of nitrogens with one attached hydrogen (secondary N) is 2. The molecule has 224 valence electrons. The average Bonchev–Trinajstić information content (AvgIpc) is 3.55. The first-order valence-corrected chi connectivity index (χ1v) is 15.1. The van der Waals surface area contributed by atoms with Gasteiger partial charge in [-0.05, 0) is 59.9 Å². The third-order valence-corrected chi connectivity index (χ3v) is 10.0. The van der Waals surface area contributed by atoms with Crippen molar-refractivity contribution in [3.8, 4) is 0 Å². The molecule has 44 heavy (non-hydrogen) atoms. The summed E-state index contributed by atoms with van der Waals surface area (Å²) in [6.07, 6.45) is 0.425. The molecule has 8 nitrogen and oxygen atoms in total. The van der Waals surface area contributed by atoms with E-state index in [1.54, 1.807) is 12.1 Å². The Morgan fingerprint density at radius 3 is 2.23 bits per heavy atom. The molecule has 3 aliphatic rings. The summed E-state index contributed by atoms with van der Waals surface area (Å²) in [6, 6.07) is 30.0. The van der Waals surface area contributed by atoms with Crippen LogP contribution in [0.3, 0.4) is 0 Å². The van der Waals surface area contributed by atoms with E-state index in [1.807, 2.05) is 105 Å². The molecular weight excluding hydrogens is 554 g/mol. The van der Waals surface area contributed by atoms with Crippen LogP contribution in [0.2, 0.25) is 0 Å². The Morgan fingerprint density at radius 2 is 1.52 bits per heavy atom. The van der Waals surface area contributed by atoms with Crippen LogP contribution in [-0.4, -0.2) is 51.6 Å². The smallest absolute Gasteiger partial charge is 0.250 e. The van der Waals surface area contributed by atoms with Crippen LogP contribution >= 0.6 is 0 Å². The number of aliphatic hydroxyl groups is 1. The predicted octanol–water partition coefficient (Wildman–Crippen LogP) is 5.16. The maximum absolute atomic E-state index is 14.7. The number of hydrogen-bond donors (Lipinski definition) is 3. The number of anilines is 2. The quantitative estimate of drug-likeness (QED) is 0.276. The molecule has 7 atom stereocenters. The Labute approximate surface area is 256 Å². The number of rotatable bonds is 7. The summed E-state index contributed by atoms with van der Waals surface area (Å²) >= 11 is 0. The SMILES string of the molecule is CC1CC23O[C@]1(C)[C@@H](C(=O)Nc1ccccc1)[C@H]2C(=O)N([C@H](CO)c1ccccc1)C3C(=O)Nc1ccc2ccccc2c1. The molecule has 0 radical (unpaired) electrons. The van der Waals surface area contributed by atoms with Gasteiger partial charge in [-0.3, -0.25) is 14.4 Å². The third-order valence-electron chi connectivity index (χ3n) is 10.0. The van der Waals surface area contributed by atoms with Crippen molar-refractivity contribution in [2.24, 2.45) is 17.8 Å². The lowest BCUT2D eigenvalue weighted by molar-refractivity contribution is -0.148. The number of aliphatic hydroxyl groups excluding tert-OH is 1. The van der Waals surface area contributed by atoms with Gasteiger partial charge in [-0.15, -0.1) is 0 Å². The van der Waals surface area contributed by atoms with E-state index in [0.29, 0.717) is 23.4 Å². The van der Waals surface area contributed by atoms with Gasteiger partial charge in [0.05, 0.1) is 30.1 Å². The van der Waals surface area contributed by atoms with Gasteiger partial charge >= 0.3 is 0 Å². The van der Waals surface area contributed by atoms with Crippen LogP contribution < -0.4 is 10.6 Å². The van der Waals surface area contributed by atoms with Crippen LogP contribution in [0, 0.1) is 17.8 Å². The monoisotopic (exact) mass is 589 g/mol. The van der Waals surface area contributed by atoms with E-state index < -0.39 is 47.6 Å². The van der Waals surface area contributed by atoms with Gasteiger partial charge in [0.1, 0.15) is 11.6 Å². The topological polar surface area (TPSA) is 108 Å². The van der Waals surface area contributed by atoms with Crippen LogP contribution in [-0.2, 0) is 19.1 Å². The molecule has 3 N–H and O–H groups in total. The Kier molecular flexibility index (Phi) is 6.79. The van der Waals surface area contributed by atoms with Crippen LogP contribution in [0.1, 0.15) is 31.9 Å². The molecule has 3 saturated heterocycles. The lowest BCUT2D eigenvalue weighted by Gasteiger charge is -2.37. The second-order valence-electron chi connectivity index (χ2n) is 12.5. The van der Waals surface area contributed by atoms with E-state index in [-0.39, 0.29) is 17.7 Å². The van der Waals surface area contributed by atoms with E-state index >= 15 is 0 Å². The number of para-hydroxylation sites is 1. The van der Waals surface area contributed by atoms with E-state index in [2.05, 4.69) is 10.6 Å². The highest BCUT2D eigenvalue weighted by atomic mass is 16.5. The highest BCUT2D eigenvalue weighted by Crippen LogP contribution is 2.66. The number of hydrogen-bond acceptors (Lipinski definition) is 5. The van der Waals surface area contributed by atoms with Gasteiger partial charge in [0, 0.05) is 11.4 Å². The van der Waals surface area contributed by atoms with Crippen molar-refractivity contribution in [2.75, 3.05) is 17.2 Å². The molecular formula is C36H35N3O5. The van der Waals surface area contributed by atoms with Crippen molar-refractivity contribution < 1.29 is 24.2 Å². The van der Waals surface area contributed by atoms with E-state index in [9.17, 15) is 19.5 Å². The normalized spacial score (nSPS) is 29.4. The second-order valence-corrected chi connectivity index (χ2v) is 12.5. The van der Waals surface area contributed by atoms with Crippen molar-refractivity contribution in [1.82, 2.24) is 4.90 Å². The van der Waals surface area contributed by atoms with E-state index in [0.717, 1.165) is 10.8 Å². The van der Waals surface area contributed by atoms with Crippen LogP contribution in [0.4, 0.5) is 11.4 Å². The number of amides is 3. The molecule has 0 aliphatic carbocycles. The Balaban J connectivity index is 1.32. The van der Waals surface area contributed by atoms with E-state index in [4.69, 9.17) is 4.74 Å². The first kappa shape index (κ1) is 28.3. The molecule has 3 amide bonds. The number of benzene rings is 4. The summed E-state index contributed by atoms with van der Waals surface area (Å²) < 4.78 is 6.86. The van der Waals surface area contributed by atoms with Gasteiger partial charge in [0.2, 0.25) is 17.7 Å².